The lowest BCUT2D eigenvalue weighted by molar-refractivity contribution is 0.412. The van der Waals surface area contributed by atoms with Crippen LogP contribution in [0.3, 0.4) is 0 Å². The van der Waals surface area contributed by atoms with E-state index < -0.39 is 0 Å². The lowest BCUT2D eigenvalue weighted by Crippen LogP contribution is -2.26. The summed E-state index contributed by atoms with van der Waals surface area (Å²) in [6, 6.07) is 9.50. The van der Waals surface area contributed by atoms with Gasteiger partial charge in [0.15, 0.2) is 0 Å². The first-order chi connectivity index (χ1) is 6.36. The van der Waals surface area contributed by atoms with Gasteiger partial charge in [-0.05, 0) is 31.9 Å². The molecule has 1 aliphatic heterocycles. The Hall–Kier alpha value is -0.530. The van der Waals surface area contributed by atoms with E-state index in [4.69, 9.17) is 0 Å². The van der Waals surface area contributed by atoms with E-state index in [1.807, 2.05) is 0 Å². The smallest absolute Gasteiger partial charge is 0.0320 e. The van der Waals surface area contributed by atoms with Crippen LogP contribution >= 0.6 is 12.4 Å². The molecule has 0 spiro atoms. The van der Waals surface area contributed by atoms with Crippen LogP contribution in [0.15, 0.2) is 24.3 Å². The second-order valence-corrected chi connectivity index (χ2v) is 3.91. The molecule has 1 N–H and O–H groups in total. The third-order valence-electron chi connectivity index (χ3n) is 2.79. The molecule has 1 fully saturated rings. The SMILES string of the molecule is Cc1ccc([C@H]2CCCCN2)cc1.Cl. The van der Waals surface area contributed by atoms with E-state index >= 15 is 0 Å². The Balaban J connectivity index is 0.000000980. The highest BCUT2D eigenvalue weighted by molar-refractivity contribution is 5.85. The fourth-order valence-corrected chi connectivity index (χ4v) is 1.94. The Bertz CT molecular complexity index is 262. The molecule has 0 saturated carbocycles. The maximum atomic E-state index is 3.55. The second kappa shape index (κ2) is 5.38. The molecule has 0 radical (unpaired) electrons. The van der Waals surface area contributed by atoms with Crippen LogP contribution < -0.4 is 5.32 Å². The number of piperidine rings is 1. The van der Waals surface area contributed by atoms with Crippen LogP contribution in [-0.2, 0) is 0 Å². The normalized spacial score (nSPS) is 21.4. The molecule has 1 heterocycles. The summed E-state index contributed by atoms with van der Waals surface area (Å²) in [5.41, 5.74) is 2.80. The average molecular weight is 212 g/mol. The predicted molar refractivity (Wildman–Crippen MR) is 63.0 cm³/mol. The van der Waals surface area contributed by atoms with Gasteiger partial charge in [-0.2, -0.15) is 0 Å². The molecule has 2 rings (SSSR count). The number of rotatable bonds is 1. The lowest BCUT2D eigenvalue weighted by atomic mass is 9.97. The number of hydrogen-bond donors (Lipinski definition) is 1. The first kappa shape index (κ1) is 11.5. The maximum Gasteiger partial charge on any atom is 0.0320 e. The van der Waals surface area contributed by atoms with Crippen LogP contribution in [0.4, 0.5) is 0 Å². The molecule has 0 bridgehead atoms. The van der Waals surface area contributed by atoms with Gasteiger partial charge in [-0.3, -0.25) is 0 Å². The Morgan fingerprint density at radius 1 is 1.14 bits per heavy atom. The molecular formula is C12H18ClN. The molecule has 1 aromatic carbocycles. The summed E-state index contributed by atoms with van der Waals surface area (Å²) in [4.78, 5) is 0. The summed E-state index contributed by atoms with van der Waals surface area (Å²) >= 11 is 0. The molecule has 1 aromatic rings. The van der Waals surface area contributed by atoms with E-state index in [1.165, 1.54) is 36.9 Å². The van der Waals surface area contributed by atoms with Crippen LogP contribution in [0, 0.1) is 6.92 Å². The Labute approximate surface area is 92.3 Å². The quantitative estimate of drug-likeness (QED) is 0.752. The van der Waals surface area contributed by atoms with Crippen LogP contribution in [0.2, 0.25) is 0 Å². The van der Waals surface area contributed by atoms with Gasteiger partial charge in [-0.15, -0.1) is 12.4 Å². The van der Waals surface area contributed by atoms with Crippen molar-refractivity contribution in [2.45, 2.75) is 32.2 Å². The second-order valence-electron chi connectivity index (χ2n) is 3.91. The summed E-state index contributed by atoms with van der Waals surface area (Å²) in [5, 5.41) is 3.55. The molecular weight excluding hydrogens is 194 g/mol. The highest BCUT2D eigenvalue weighted by Crippen LogP contribution is 2.22. The van der Waals surface area contributed by atoms with E-state index in [2.05, 4.69) is 36.5 Å². The number of halogens is 1. The largest absolute Gasteiger partial charge is 0.310 e. The minimum Gasteiger partial charge on any atom is -0.310 e. The van der Waals surface area contributed by atoms with Crippen molar-refractivity contribution >= 4 is 12.4 Å². The minimum atomic E-state index is 0. The molecule has 14 heavy (non-hydrogen) atoms. The zero-order chi connectivity index (χ0) is 9.10. The zero-order valence-electron chi connectivity index (χ0n) is 8.62. The Kier molecular flexibility index (Phi) is 4.43. The summed E-state index contributed by atoms with van der Waals surface area (Å²) in [6.07, 6.45) is 4.00. The molecule has 0 unspecified atom stereocenters. The molecule has 0 amide bonds. The van der Waals surface area contributed by atoms with Gasteiger partial charge in [0.05, 0.1) is 0 Å². The standard InChI is InChI=1S/C12H17N.ClH/c1-10-5-7-11(8-6-10)12-4-2-3-9-13-12;/h5-8,12-13H,2-4,9H2,1H3;1H/t12-;/m1./s1. The highest BCUT2D eigenvalue weighted by atomic mass is 35.5. The highest BCUT2D eigenvalue weighted by Gasteiger charge is 2.13. The van der Waals surface area contributed by atoms with Crippen molar-refractivity contribution in [2.75, 3.05) is 6.54 Å². The molecule has 78 valence electrons. The van der Waals surface area contributed by atoms with E-state index in [0.29, 0.717) is 6.04 Å². The van der Waals surface area contributed by atoms with Crippen molar-refractivity contribution in [3.05, 3.63) is 35.4 Å². The summed E-state index contributed by atoms with van der Waals surface area (Å²) in [6.45, 7) is 3.32. The third-order valence-corrected chi connectivity index (χ3v) is 2.79. The van der Waals surface area contributed by atoms with Gasteiger partial charge in [0.1, 0.15) is 0 Å². The van der Waals surface area contributed by atoms with Gasteiger partial charge in [0, 0.05) is 6.04 Å². The van der Waals surface area contributed by atoms with Crippen LogP contribution in [0.25, 0.3) is 0 Å². The van der Waals surface area contributed by atoms with Crippen LogP contribution in [0.5, 0.6) is 0 Å². The lowest BCUT2D eigenvalue weighted by Gasteiger charge is -2.23. The van der Waals surface area contributed by atoms with Gasteiger partial charge in [0.2, 0.25) is 0 Å². The van der Waals surface area contributed by atoms with Crippen molar-refractivity contribution in [3.8, 4) is 0 Å². The molecule has 1 atom stereocenters. The third kappa shape index (κ3) is 2.73. The fourth-order valence-electron chi connectivity index (χ4n) is 1.94. The number of aryl methyl sites for hydroxylation is 1. The Morgan fingerprint density at radius 2 is 1.86 bits per heavy atom. The molecule has 0 aliphatic carbocycles. The number of benzene rings is 1. The topological polar surface area (TPSA) is 12.0 Å². The van der Waals surface area contributed by atoms with E-state index in [-0.39, 0.29) is 12.4 Å². The maximum absolute atomic E-state index is 3.55. The predicted octanol–water partition coefficient (Wildman–Crippen LogP) is 3.23. The monoisotopic (exact) mass is 211 g/mol. The Morgan fingerprint density at radius 3 is 2.43 bits per heavy atom. The molecule has 1 aliphatic rings. The van der Waals surface area contributed by atoms with Crippen LogP contribution in [0.1, 0.15) is 36.4 Å². The number of hydrogen-bond acceptors (Lipinski definition) is 1. The van der Waals surface area contributed by atoms with Crippen molar-refractivity contribution in [2.24, 2.45) is 0 Å². The molecule has 0 aromatic heterocycles. The van der Waals surface area contributed by atoms with E-state index in [9.17, 15) is 0 Å². The molecule has 1 saturated heterocycles. The average Bonchev–Trinajstić information content (AvgIpc) is 2.20. The zero-order valence-corrected chi connectivity index (χ0v) is 9.44. The summed E-state index contributed by atoms with van der Waals surface area (Å²) < 4.78 is 0. The minimum absolute atomic E-state index is 0. The van der Waals surface area contributed by atoms with Crippen molar-refractivity contribution < 1.29 is 0 Å². The van der Waals surface area contributed by atoms with Crippen molar-refractivity contribution in [1.29, 1.82) is 0 Å². The fraction of sp³-hybridized carbons (Fsp3) is 0.500. The van der Waals surface area contributed by atoms with Crippen LogP contribution in [-0.4, -0.2) is 6.54 Å². The van der Waals surface area contributed by atoms with Gasteiger partial charge < -0.3 is 5.32 Å². The van der Waals surface area contributed by atoms with Gasteiger partial charge in [-0.1, -0.05) is 36.2 Å². The van der Waals surface area contributed by atoms with Gasteiger partial charge >= 0.3 is 0 Å². The molecule has 2 heteroatoms. The summed E-state index contributed by atoms with van der Waals surface area (Å²) in [5.74, 6) is 0. The van der Waals surface area contributed by atoms with Gasteiger partial charge in [0.25, 0.3) is 0 Å². The van der Waals surface area contributed by atoms with Crippen molar-refractivity contribution in [1.82, 2.24) is 5.32 Å². The molecule has 1 nitrogen and oxygen atoms in total. The van der Waals surface area contributed by atoms with Gasteiger partial charge in [-0.25, -0.2) is 0 Å². The first-order valence-electron chi connectivity index (χ1n) is 5.16. The number of nitrogens with one attached hydrogen (secondary N) is 1. The summed E-state index contributed by atoms with van der Waals surface area (Å²) in [7, 11) is 0. The first-order valence-corrected chi connectivity index (χ1v) is 5.16. The van der Waals surface area contributed by atoms with E-state index in [1.54, 1.807) is 0 Å². The van der Waals surface area contributed by atoms with Crippen molar-refractivity contribution in [3.63, 3.8) is 0 Å². The van der Waals surface area contributed by atoms with E-state index in [0.717, 1.165) is 0 Å².